The van der Waals surface area contributed by atoms with Gasteiger partial charge in [-0.25, -0.2) is 4.79 Å². The number of likely N-dealkylation sites (tertiary alicyclic amines) is 2. The van der Waals surface area contributed by atoms with Crippen molar-refractivity contribution in [1.29, 1.82) is 0 Å². The molecule has 1 spiro atoms. The lowest BCUT2D eigenvalue weighted by atomic mass is 9.65. The Morgan fingerprint density at radius 2 is 1.55 bits per heavy atom. The minimum atomic E-state index is -0.175. The van der Waals surface area contributed by atoms with E-state index in [0.717, 1.165) is 44.1 Å². The number of hydrogen-bond acceptors (Lipinski definition) is 2. The Morgan fingerprint density at radius 3 is 2.19 bits per heavy atom. The average Bonchev–Trinajstić information content (AvgIpc) is 3.34. The van der Waals surface area contributed by atoms with Crippen LogP contribution in [0.25, 0.3) is 0 Å². The Balaban J connectivity index is 1.22. The van der Waals surface area contributed by atoms with Crippen LogP contribution in [0.2, 0.25) is 0 Å². The third kappa shape index (κ3) is 3.60. The van der Waals surface area contributed by atoms with Crippen LogP contribution in [-0.4, -0.2) is 40.9 Å². The summed E-state index contributed by atoms with van der Waals surface area (Å²) in [7, 11) is 0. The number of carbonyl (C=O) groups is 2. The first-order chi connectivity index (χ1) is 15.2. The minimum absolute atomic E-state index is 0.0101. The fourth-order valence-electron chi connectivity index (χ4n) is 5.91. The molecule has 2 saturated heterocycles. The zero-order valence-electron chi connectivity index (χ0n) is 18.0. The maximum Gasteiger partial charge on any atom is 0.317 e. The van der Waals surface area contributed by atoms with Crippen molar-refractivity contribution >= 4 is 11.9 Å². The fraction of sp³-hybridized carbons (Fsp3) is 0.462. The van der Waals surface area contributed by atoms with E-state index in [2.05, 4.69) is 34.5 Å². The van der Waals surface area contributed by atoms with Crippen LogP contribution in [0.4, 0.5) is 4.79 Å². The summed E-state index contributed by atoms with van der Waals surface area (Å²) in [6.45, 7) is 1.94. The van der Waals surface area contributed by atoms with E-state index in [4.69, 9.17) is 0 Å². The molecule has 3 aliphatic rings. The average molecular weight is 418 g/mol. The van der Waals surface area contributed by atoms with Gasteiger partial charge in [-0.05, 0) is 36.8 Å². The highest BCUT2D eigenvalue weighted by molar-refractivity contribution is 5.91. The van der Waals surface area contributed by atoms with Gasteiger partial charge in [-0.2, -0.15) is 0 Å². The predicted molar refractivity (Wildman–Crippen MR) is 120 cm³/mol. The lowest BCUT2D eigenvalue weighted by Gasteiger charge is -2.59. The standard InChI is InChI=1S/C26H31N3O2/c30-24-26(15-7-8-16-26)23(21-11-5-2-6-12-21)29(24)22-13-17-28(18-14-22)25(31)27-19-20-9-3-1-4-10-20/h1-6,9-12,22-23H,7-8,13-19H2,(H,27,31). The zero-order valence-corrected chi connectivity index (χ0v) is 18.0. The molecule has 2 aromatic rings. The maximum absolute atomic E-state index is 13.4. The summed E-state index contributed by atoms with van der Waals surface area (Å²) < 4.78 is 0. The van der Waals surface area contributed by atoms with Crippen molar-refractivity contribution in [3.8, 4) is 0 Å². The molecule has 1 N–H and O–H groups in total. The fourth-order valence-corrected chi connectivity index (χ4v) is 5.91. The third-order valence-corrected chi connectivity index (χ3v) is 7.50. The molecule has 2 aromatic carbocycles. The molecule has 5 nitrogen and oxygen atoms in total. The molecule has 2 aliphatic heterocycles. The van der Waals surface area contributed by atoms with Crippen LogP contribution in [0.5, 0.6) is 0 Å². The number of nitrogens with one attached hydrogen (secondary N) is 1. The summed E-state index contributed by atoms with van der Waals surface area (Å²) in [5.74, 6) is 0.353. The van der Waals surface area contributed by atoms with Crippen LogP contribution in [0, 0.1) is 5.41 Å². The summed E-state index contributed by atoms with van der Waals surface area (Å²) in [6.07, 6.45) is 6.05. The van der Waals surface area contributed by atoms with E-state index < -0.39 is 0 Å². The Labute approximate surface area is 184 Å². The van der Waals surface area contributed by atoms with Gasteiger partial charge in [0, 0.05) is 25.7 Å². The van der Waals surface area contributed by atoms with Gasteiger partial charge >= 0.3 is 6.03 Å². The van der Waals surface area contributed by atoms with Crippen LogP contribution >= 0.6 is 0 Å². The molecule has 1 aliphatic carbocycles. The molecular weight excluding hydrogens is 386 g/mol. The second kappa shape index (κ2) is 8.37. The van der Waals surface area contributed by atoms with E-state index >= 15 is 0 Å². The van der Waals surface area contributed by atoms with Crippen LogP contribution in [0.3, 0.4) is 0 Å². The quantitative estimate of drug-likeness (QED) is 0.745. The highest BCUT2D eigenvalue weighted by atomic mass is 16.2. The number of piperidine rings is 1. The monoisotopic (exact) mass is 417 g/mol. The van der Waals surface area contributed by atoms with E-state index in [1.807, 2.05) is 41.3 Å². The van der Waals surface area contributed by atoms with E-state index in [-0.39, 0.29) is 23.5 Å². The smallest absolute Gasteiger partial charge is 0.317 e. The number of urea groups is 1. The molecule has 0 bridgehead atoms. The van der Waals surface area contributed by atoms with Gasteiger partial charge in [-0.1, -0.05) is 73.5 Å². The van der Waals surface area contributed by atoms with Crippen LogP contribution in [0.15, 0.2) is 60.7 Å². The van der Waals surface area contributed by atoms with Crippen molar-refractivity contribution in [2.24, 2.45) is 5.41 Å². The Bertz CT molecular complexity index is 916. The van der Waals surface area contributed by atoms with Crippen molar-refractivity contribution in [2.75, 3.05) is 13.1 Å². The van der Waals surface area contributed by atoms with Gasteiger partial charge < -0.3 is 15.1 Å². The Hall–Kier alpha value is -2.82. The number of hydrogen-bond donors (Lipinski definition) is 1. The van der Waals surface area contributed by atoms with E-state index in [1.54, 1.807) is 0 Å². The molecule has 3 amide bonds. The van der Waals surface area contributed by atoms with Gasteiger partial charge in [0.1, 0.15) is 0 Å². The molecule has 162 valence electrons. The van der Waals surface area contributed by atoms with Gasteiger partial charge in [-0.3, -0.25) is 4.79 Å². The van der Waals surface area contributed by atoms with E-state index in [0.29, 0.717) is 25.5 Å². The van der Waals surface area contributed by atoms with Gasteiger partial charge in [-0.15, -0.1) is 0 Å². The molecular formula is C26H31N3O2. The number of rotatable bonds is 4. The van der Waals surface area contributed by atoms with Crippen molar-refractivity contribution < 1.29 is 9.59 Å². The molecule has 0 aromatic heterocycles. The number of benzene rings is 2. The first kappa shape index (κ1) is 20.1. The Morgan fingerprint density at radius 1 is 0.935 bits per heavy atom. The lowest BCUT2D eigenvalue weighted by molar-refractivity contribution is -0.180. The summed E-state index contributed by atoms with van der Waals surface area (Å²) >= 11 is 0. The van der Waals surface area contributed by atoms with Crippen LogP contribution in [-0.2, 0) is 11.3 Å². The molecule has 31 heavy (non-hydrogen) atoms. The summed E-state index contributed by atoms with van der Waals surface area (Å²) in [4.78, 5) is 30.1. The number of β-lactam (4-membered cyclic amide) rings is 1. The summed E-state index contributed by atoms with van der Waals surface area (Å²) in [5, 5.41) is 3.03. The second-order valence-electron chi connectivity index (χ2n) is 9.25. The highest BCUT2D eigenvalue weighted by Gasteiger charge is 2.63. The van der Waals surface area contributed by atoms with Crippen molar-refractivity contribution in [1.82, 2.24) is 15.1 Å². The molecule has 1 saturated carbocycles. The van der Waals surface area contributed by atoms with Crippen LogP contribution in [0.1, 0.15) is 55.7 Å². The van der Waals surface area contributed by atoms with E-state index in [9.17, 15) is 9.59 Å². The predicted octanol–water partition coefficient (Wildman–Crippen LogP) is 4.50. The summed E-state index contributed by atoms with van der Waals surface area (Å²) in [6, 6.07) is 21.0. The van der Waals surface area contributed by atoms with Crippen molar-refractivity contribution in [3.05, 3.63) is 71.8 Å². The van der Waals surface area contributed by atoms with Gasteiger partial charge in [0.2, 0.25) is 5.91 Å². The highest BCUT2D eigenvalue weighted by Crippen LogP contribution is 2.60. The first-order valence-electron chi connectivity index (χ1n) is 11.6. The molecule has 3 fully saturated rings. The minimum Gasteiger partial charge on any atom is -0.334 e. The zero-order chi connectivity index (χ0) is 21.3. The molecule has 0 radical (unpaired) electrons. The van der Waals surface area contributed by atoms with Crippen molar-refractivity contribution in [3.63, 3.8) is 0 Å². The maximum atomic E-state index is 13.4. The number of amides is 3. The largest absolute Gasteiger partial charge is 0.334 e. The number of nitrogens with zero attached hydrogens (tertiary/aromatic N) is 2. The van der Waals surface area contributed by atoms with Gasteiger partial charge in [0.15, 0.2) is 0 Å². The summed E-state index contributed by atoms with van der Waals surface area (Å²) in [5.41, 5.74) is 2.20. The Kier molecular flexibility index (Phi) is 5.43. The molecule has 5 rings (SSSR count). The molecule has 1 atom stereocenters. The topological polar surface area (TPSA) is 52.7 Å². The molecule has 2 heterocycles. The normalized spacial score (nSPS) is 23.1. The number of carbonyl (C=O) groups excluding carboxylic acids is 2. The third-order valence-electron chi connectivity index (χ3n) is 7.50. The second-order valence-corrected chi connectivity index (χ2v) is 9.25. The molecule has 1 unspecified atom stereocenters. The van der Waals surface area contributed by atoms with Gasteiger partial charge in [0.25, 0.3) is 0 Å². The molecule has 5 heteroatoms. The lowest BCUT2D eigenvalue weighted by Crippen LogP contribution is -2.66. The van der Waals surface area contributed by atoms with Crippen molar-refractivity contribution in [2.45, 2.75) is 57.2 Å². The van der Waals surface area contributed by atoms with Gasteiger partial charge in [0.05, 0.1) is 11.5 Å². The van der Waals surface area contributed by atoms with E-state index in [1.165, 1.54) is 5.56 Å². The van der Waals surface area contributed by atoms with Crippen LogP contribution < -0.4 is 5.32 Å². The first-order valence-corrected chi connectivity index (χ1v) is 11.6. The SMILES string of the molecule is O=C(NCc1ccccc1)N1CCC(N2C(=O)C3(CCCC3)C2c2ccccc2)CC1.